The largest absolute Gasteiger partial charge is 0.384 e. The molecular weight excluding hydrogens is 298 g/mol. The molecule has 0 saturated carbocycles. The number of benzene rings is 2. The lowest BCUT2D eigenvalue weighted by Crippen LogP contribution is -2.21. The van der Waals surface area contributed by atoms with Crippen molar-refractivity contribution in [3.8, 4) is 0 Å². The molecule has 0 radical (unpaired) electrons. The number of nitrogens with zero attached hydrogens (tertiary/aromatic N) is 1. The third-order valence-electron chi connectivity index (χ3n) is 3.68. The van der Waals surface area contributed by atoms with Crippen LogP contribution in [0.2, 0.25) is 0 Å². The van der Waals surface area contributed by atoms with Crippen LogP contribution in [0.1, 0.15) is 32.4 Å². The van der Waals surface area contributed by atoms with Crippen molar-refractivity contribution in [1.29, 1.82) is 0 Å². The van der Waals surface area contributed by atoms with Crippen LogP contribution in [0.5, 0.6) is 0 Å². The van der Waals surface area contributed by atoms with Gasteiger partial charge in [0.05, 0.1) is 4.92 Å². The lowest BCUT2D eigenvalue weighted by Gasteiger charge is -2.19. The standard InChI is InChI=1S/C17H11NO5/c19-15-9-14(17(21)13-7-2-1-6-12(13)15)16(20)10-4-3-5-11(8-10)18(22)23/h1-9,16,20H/t16-/m0/s1. The van der Waals surface area contributed by atoms with Crippen LogP contribution >= 0.6 is 0 Å². The molecule has 2 aromatic rings. The van der Waals surface area contributed by atoms with E-state index in [-0.39, 0.29) is 33.7 Å². The van der Waals surface area contributed by atoms with E-state index in [1.807, 2.05) is 0 Å². The third-order valence-corrected chi connectivity index (χ3v) is 3.68. The SMILES string of the molecule is O=C1C=C([C@@H](O)c2cccc([N+](=O)[O-])c2)C(=O)c2ccccc21. The van der Waals surface area contributed by atoms with E-state index < -0.39 is 16.8 Å². The number of nitro groups is 1. The van der Waals surface area contributed by atoms with E-state index in [1.165, 1.54) is 30.3 Å². The van der Waals surface area contributed by atoms with Crippen LogP contribution in [0.4, 0.5) is 5.69 Å². The van der Waals surface area contributed by atoms with Crippen molar-refractivity contribution in [2.24, 2.45) is 0 Å². The van der Waals surface area contributed by atoms with Gasteiger partial charge in [-0.25, -0.2) is 0 Å². The topological polar surface area (TPSA) is 97.5 Å². The second-order valence-electron chi connectivity index (χ2n) is 5.09. The Bertz CT molecular complexity index is 869. The van der Waals surface area contributed by atoms with Gasteiger partial charge >= 0.3 is 0 Å². The highest BCUT2D eigenvalue weighted by molar-refractivity contribution is 6.24. The lowest BCUT2D eigenvalue weighted by molar-refractivity contribution is -0.385. The van der Waals surface area contributed by atoms with Gasteiger partial charge in [-0.1, -0.05) is 36.4 Å². The summed E-state index contributed by atoms with van der Waals surface area (Å²) in [6, 6.07) is 11.7. The highest BCUT2D eigenvalue weighted by atomic mass is 16.6. The number of carbonyl (C=O) groups is 2. The van der Waals surface area contributed by atoms with Gasteiger partial charge in [-0.15, -0.1) is 0 Å². The Morgan fingerprint density at radius 1 is 1.00 bits per heavy atom. The summed E-state index contributed by atoms with van der Waals surface area (Å²) >= 11 is 0. The number of aliphatic hydroxyl groups is 1. The molecular formula is C17H11NO5. The number of carbonyl (C=O) groups excluding carboxylic acids is 2. The summed E-state index contributed by atoms with van der Waals surface area (Å²) < 4.78 is 0. The van der Waals surface area contributed by atoms with Gasteiger partial charge in [0, 0.05) is 28.8 Å². The zero-order chi connectivity index (χ0) is 16.6. The van der Waals surface area contributed by atoms with Crippen LogP contribution in [-0.2, 0) is 0 Å². The fraction of sp³-hybridized carbons (Fsp3) is 0.0588. The summed E-state index contributed by atoms with van der Waals surface area (Å²) in [5.41, 5.74) is 0.407. The van der Waals surface area contributed by atoms with Crippen molar-refractivity contribution in [2.75, 3.05) is 0 Å². The molecule has 114 valence electrons. The van der Waals surface area contributed by atoms with E-state index in [9.17, 15) is 24.8 Å². The van der Waals surface area contributed by atoms with Crippen molar-refractivity contribution in [3.05, 3.63) is 87.0 Å². The van der Waals surface area contributed by atoms with E-state index in [2.05, 4.69) is 0 Å². The summed E-state index contributed by atoms with van der Waals surface area (Å²) in [4.78, 5) is 34.8. The van der Waals surface area contributed by atoms with Gasteiger partial charge in [0.15, 0.2) is 11.6 Å². The molecule has 1 aliphatic rings. The minimum Gasteiger partial charge on any atom is -0.384 e. The molecule has 1 atom stereocenters. The summed E-state index contributed by atoms with van der Waals surface area (Å²) in [5.74, 6) is -0.834. The molecule has 6 heteroatoms. The first-order valence-electron chi connectivity index (χ1n) is 6.81. The molecule has 0 bridgehead atoms. The monoisotopic (exact) mass is 309 g/mol. The molecule has 2 aromatic carbocycles. The number of aliphatic hydroxyl groups excluding tert-OH is 1. The maximum absolute atomic E-state index is 12.5. The normalized spacial score (nSPS) is 14.9. The third kappa shape index (κ3) is 2.56. The van der Waals surface area contributed by atoms with Gasteiger partial charge in [0.25, 0.3) is 5.69 Å². The van der Waals surface area contributed by atoms with Crippen molar-refractivity contribution >= 4 is 17.3 Å². The second kappa shape index (κ2) is 5.58. The van der Waals surface area contributed by atoms with Crippen molar-refractivity contribution in [1.82, 2.24) is 0 Å². The van der Waals surface area contributed by atoms with Crippen LogP contribution in [-0.4, -0.2) is 21.6 Å². The van der Waals surface area contributed by atoms with Crippen molar-refractivity contribution in [2.45, 2.75) is 6.10 Å². The first kappa shape index (κ1) is 14.8. The van der Waals surface area contributed by atoms with Crippen LogP contribution in [0.3, 0.4) is 0 Å². The molecule has 0 spiro atoms. The Morgan fingerprint density at radius 3 is 2.39 bits per heavy atom. The average Bonchev–Trinajstić information content (AvgIpc) is 2.57. The molecule has 0 aromatic heterocycles. The predicted molar refractivity (Wildman–Crippen MR) is 81.2 cm³/mol. The number of non-ortho nitro benzene ring substituents is 1. The van der Waals surface area contributed by atoms with Gasteiger partial charge in [0.2, 0.25) is 0 Å². The highest BCUT2D eigenvalue weighted by Crippen LogP contribution is 2.31. The molecule has 23 heavy (non-hydrogen) atoms. The van der Waals surface area contributed by atoms with Crippen LogP contribution in [0.15, 0.2) is 60.2 Å². The molecule has 0 fully saturated rings. The van der Waals surface area contributed by atoms with Crippen LogP contribution in [0.25, 0.3) is 0 Å². The fourth-order valence-electron chi connectivity index (χ4n) is 2.53. The van der Waals surface area contributed by atoms with Gasteiger partial charge in [0.1, 0.15) is 6.10 Å². The van der Waals surface area contributed by atoms with E-state index in [1.54, 1.807) is 18.2 Å². The summed E-state index contributed by atoms with van der Waals surface area (Å²) in [5, 5.41) is 21.2. The molecule has 0 amide bonds. The predicted octanol–water partition coefficient (Wildman–Crippen LogP) is 2.63. The number of nitro benzene ring substituents is 1. The molecule has 0 unspecified atom stereocenters. The van der Waals surface area contributed by atoms with Gasteiger partial charge in [-0.2, -0.15) is 0 Å². The summed E-state index contributed by atoms with van der Waals surface area (Å²) in [6.07, 6.45) is -0.312. The maximum atomic E-state index is 12.5. The zero-order valence-electron chi connectivity index (χ0n) is 11.8. The maximum Gasteiger partial charge on any atom is 0.269 e. The lowest BCUT2D eigenvalue weighted by atomic mass is 9.85. The minimum absolute atomic E-state index is 0.0887. The highest BCUT2D eigenvalue weighted by Gasteiger charge is 2.30. The number of ketones is 2. The Labute approximate surface area is 130 Å². The summed E-state index contributed by atoms with van der Waals surface area (Å²) in [6.45, 7) is 0. The van der Waals surface area contributed by atoms with Gasteiger partial charge in [-0.05, 0) is 11.6 Å². The quantitative estimate of drug-likeness (QED) is 0.694. The number of Topliss-reactive ketones (excluding diaryl/α,β-unsaturated/α-hetero) is 1. The molecule has 3 rings (SSSR count). The molecule has 0 aliphatic heterocycles. The van der Waals surface area contributed by atoms with Crippen LogP contribution in [0, 0.1) is 10.1 Å². The minimum atomic E-state index is -1.40. The zero-order valence-corrected chi connectivity index (χ0v) is 11.8. The Morgan fingerprint density at radius 2 is 1.70 bits per heavy atom. The summed E-state index contributed by atoms with van der Waals surface area (Å²) in [7, 11) is 0. The van der Waals surface area contributed by atoms with E-state index in [0.717, 1.165) is 6.08 Å². The van der Waals surface area contributed by atoms with Gasteiger partial charge < -0.3 is 5.11 Å². The van der Waals surface area contributed by atoms with Crippen molar-refractivity contribution in [3.63, 3.8) is 0 Å². The number of allylic oxidation sites excluding steroid dienone is 1. The van der Waals surface area contributed by atoms with Crippen LogP contribution < -0.4 is 0 Å². The molecule has 0 saturated heterocycles. The number of hydrogen-bond acceptors (Lipinski definition) is 5. The number of rotatable bonds is 3. The second-order valence-corrected chi connectivity index (χ2v) is 5.09. The molecule has 1 N–H and O–H groups in total. The van der Waals surface area contributed by atoms with E-state index in [4.69, 9.17) is 0 Å². The smallest absolute Gasteiger partial charge is 0.269 e. The number of fused-ring (bicyclic) bond motifs is 1. The Kier molecular flexibility index (Phi) is 3.59. The van der Waals surface area contributed by atoms with Crippen molar-refractivity contribution < 1.29 is 19.6 Å². The van der Waals surface area contributed by atoms with Gasteiger partial charge in [-0.3, -0.25) is 19.7 Å². The fourth-order valence-corrected chi connectivity index (χ4v) is 2.53. The van der Waals surface area contributed by atoms with E-state index in [0.29, 0.717) is 0 Å². The first-order valence-corrected chi connectivity index (χ1v) is 6.81. The molecule has 6 nitrogen and oxygen atoms in total. The Balaban J connectivity index is 2.02. The Hall–Kier alpha value is -3.12. The molecule has 0 heterocycles. The number of hydrogen-bond donors (Lipinski definition) is 1. The average molecular weight is 309 g/mol. The molecule has 1 aliphatic carbocycles. The first-order chi connectivity index (χ1) is 11.0. The van der Waals surface area contributed by atoms with E-state index >= 15 is 0 Å².